The predicted octanol–water partition coefficient (Wildman–Crippen LogP) is 3.18. The van der Waals surface area contributed by atoms with Gasteiger partial charge in [-0.1, -0.05) is 23.7 Å². The third kappa shape index (κ3) is 4.39. The van der Waals surface area contributed by atoms with Crippen LogP contribution in [0.25, 0.3) is 0 Å². The van der Waals surface area contributed by atoms with Crippen LogP contribution in [0.15, 0.2) is 24.3 Å². The molecule has 4 nitrogen and oxygen atoms in total. The van der Waals surface area contributed by atoms with E-state index in [-0.39, 0.29) is 12.1 Å². The van der Waals surface area contributed by atoms with Gasteiger partial charge in [-0.2, -0.15) is 0 Å². The first-order chi connectivity index (χ1) is 11.0. The highest BCUT2D eigenvalue weighted by Gasteiger charge is 2.40. The Kier molecular flexibility index (Phi) is 5.12. The Morgan fingerprint density at radius 3 is 2.83 bits per heavy atom. The highest BCUT2D eigenvalue weighted by Crippen LogP contribution is 2.41. The number of likely N-dealkylation sites (tertiary alicyclic amines) is 1. The zero-order chi connectivity index (χ0) is 16.4. The molecule has 1 heterocycles. The van der Waals surface area contributed by atoms with Crippen molar-refractivity contribution in [3.8, 4) is 0 Å². The molecule has 1 N–H and O–H groups in total. The van der Waals surface area contributed by atoms with Gasteiger partial charge in [0, 0.05) is 30.6 Å². The van der Waals surface area contributed by atoms with E-state index in [1.807, 2.05) is 30.1 Å². The number of nitrogens with zero attached hydrogens (tertiary/aromatic N) is 2. The Balaban J connectivity index is 1.44. The maximum Gasteiger partial charge on any atom is 0.317 e. The number of rotatable bonds is 4. The number of piperidine rings is 1. The average molecular weight is 336 g/mol. The summed E-state index contributed by atoms with van der Waals surface area (Å²) in [4.78, 5) is 16.6. The molecule has 0 unspecified atom stereocenters. The highest BCUT2D eigenvalue weighted by molar-refractivity contribution is 6.30. The molecule has 2 atom stereocenters. The van der Waals surface area contributed by atoms with Crippen molar-refractivity contribution in [2.24, 2.45) is 5.92 Å². The summed E-state index contributed by atoms with van der Waals surface area (Å²) in [5.41, 5.74) is 1.22. The molecular weight excluding hydrogens is 310 g/mol. The molecule has 0 bridgehead atoms. The van der Waals surface area contributed by atoms with Crippen molar-refractivity contribution in [1.29, 1.82) is 0 Å². The van der Waals surface area contributed by atoms with Gasteiger partial charge in [-0.25, -0.2) is 4.79 Å². The Hall–Kier alpha value is -1.26. The second kappa shape index (κ2) is 7.10. The number of amides is 2. The van der Waals surface area contributed by atoms with Crippen LogP contribution in [0, 0.1) is 5.92 Å². The van der Waals surface area contributed by atoms with Crippen LogP contribution in [0.2, 0.25) is 5.02 Å². The summed E-state index contributed by atoms with van der Waals surface area (Å²) in [6.07, 6.45) is 3.37. The van der Waals surface area contributed by atoms with Gasteiger partial charge in [0.05, 0.1) is 0 Å². The van der Waals surface area contributed by atoms with Crippen LogP contribution in [0.5, 0.6) is 0 Å². The maximum atomic E-state index is 12.4. The minimum absolute atomic E-state index is 0.0541. The van der Waals surface area contributed by atoms with Crippen LogP contribution in [0.4, 0.5) is 4.79 Å². The molecule has 1 saturated heterocycles. The number of urea groups is 1. The molecule has 1 aromatic carbocycles. The number of halogens is 1. The monoisotopic (exact) mass is 335 g/mol. The maximum absolute atomic E-state index is 12.4. The second-order valence-electron chi connectivity index (χ2n) is 7.08. The van der Waals surface area contributed by atoms with Crippen LogP contribution in [0.3, 0.4) is 0 Å². The molecule has 0 radical (unpaired) electrons. The minimum atomic E-state index is 0.0541. The Bertz CT molecular complexity index is 557. The van der Waals surface area contributed by atoms with Crippen molar-refractivity contribution in [1.82, 2.24) is 15.1 Å². The van der Waals surface area contributed by atoms with Gasteiger partial charge < -0.3 is 15.1 Å². The van der Waals surface area contributed by atoms with E-state index in [0.29, 0.717) is 11.8 Å². The number of nitrogens with one attached hydrogen (secondary N) is 1. The molecule has 23 heavy (non-hydrogen) atoms. The van der Waals surface area contributed by atoms with Crippen LogP contribution < -0.4 is 5.32 Å². The first-order valence-electron chi connectivity index (χ1n) is 8.48. The average Bonchev–Trinajstić information content (AvgIpc) is 3.28. The van der Waals surface area contributed by atoms with Crippen molar-refractivity contribution in [3.05, 3.63) is 34.9 Å². The zero-order valence-corrected chi connectivity index (χ0v) is 14.7. The van der Waals surface area contributed by atoms with Crippen LogP contribution >= 0.6 is 11.6 Å². The van der Waals surface area contributed by atoms with E-state index in [1.165, 1.54) is 18.4 Å². The van der Waals surface area contributed by atoms with Crippen molar-refractivity contribution in [2.75, 3.05) is 33.7 Å². The van der Waals surface area contributed by atoms with E-state index >= 15 is 0 Å². The largest absolute Gasteiger partial charge is 0.335 e. The quantitative estimate of drug-likeness (QED) is 0.917. The SMILES string of the molecule is CN1CCC(CN(C)C(=O)N[C@@H]2C[C@@H]2c2cccc(Cl)c2)CC1. The van der Waals surface area contributed by atoms with Gasteiger partial charge in [-0.15, -0.1) is 0 Å². The Morgan fingerprint density at radius 1 is 1.39 bits per heavy atom. The number of hydrogen-bond donors (Lipinski definition) is 1. The number of carbonyl (C=O) groups excluding carboxylic acids is 1. The van der Waals surface area contributed by atoms with Gasteiger partial charge in [0.15, 0.2) is 0 Å². The van der Waals surface area contributed by atoms with Gasteiger partial charge >= 0.3 is 6.03 Å². The Morgan fingerprint density at radius 2 is 2.13 bits per heavy atom. The fourth-order valence-corrected chi connectivity index (χ4v) is 3.64. The fraction of sp³-hybridized carbons (Fsp3) is 0.611. The summed E-state index contributed by atoms with van der Waals surface area (Å²) in [7, 11) is 4.07. The molecule has 2 amide bonds. The molecule has 2 fully saturated rings. The van der Waals surface area contributed by atoms with E-state index in [2.05, 4.69) is 23.3 Å². The normalized spacial score (nSPS) is 25.2. The fourth-order valence-electron chi connectivity index (χ4n) is 3.44. The van der Waals surface area contributed by atoms with Crippen molar-refractivity contribution >= 4 is 17.6 Å². The van der Waals surface area contributed by atoms with Crippen molar-refractivity contribution in [3.63, 3.8) is 0 Å². The zero-order valence-electron chi connectivity index (χ0n) is 14.0. The van der Waals surface area contributed by atoms with Crippen LogP contribution in [-0.4, -0.2) is 55.6 Å². The predicted molar refractivity (Wildman–Crippen MR) is 94.0 cm³/mol. The third-order valence-corrected chi connectivity index (χ3v) is 5.33. The number of carbonyl (C=O) groups is 1. The molecule has 1 saturated carbocycles. The van der Waals surface area contributed by atoms with Crippen LogP contribution in [0.1, 0.15) is 30.7 Å². The number of hydrogen-bond acceptors (Lipinski definition) is 2. The standard InChI is InChI=1S/C18H26ClN3O/c1-21-8-6-13(7-9-21)12-22(2)18(23)20-17-11-16(17)14-4-3-5-15(19)10-14/h3-5,10,13,16-17H,6-9,11-12H2,1-2H3,(H,20,23)/t16-,17-/m1/s1. The lowest BCUT2D eigenvalue weighted by molar-refractivity contribution is 0.170. The minimum Gasteiger partial charge on any atom is -0.335 e. The van der Waals surface area contributed by atoms with Gasteiger partial charge in [-0.3, -0.25) is 0 Å². The second-order valence-corrected chi connectivity index (χ2v) is 7.52. The molecule has 5 heteroatoms. The first kappa shape index (κ1) is 16.6. The summed E-state index contributed by atoms with van der Waals surface area (Å²) in [5.74, 6) is 1.04. The van der Waals surface area contributed by atoms with Gasteiger partial charge in [0.1, 0.15) is 0 Å². The molecule has 1 aromatic rings. The highest BCUT2D eigenvalue weighted by atomic mass is 35.5. The van der Waals surface area contributed by atoms with Gasteiger partial charge in [0.2, 0.25) is 0 Å². The summed E-state index contributed by atoms with van der Waals surface area (Å²) >= 11 is 6.04. The lowest BCUT2D eigenvalue weighted by Gasteiger charge is -2.31. The molecule has 1 aliphatic carbocycles. The van der Waals surface area contributed by atoms with Crippen molar-refractivity contribution < 1.29 is 4.79 Å². The van der Waals surface area contributed by atoms with Crippen LogP contribution in [-0.2, 0) is 0 Å². The van der Waals surface area contributed by atoms with Gasteiger partial charge in [0.25, 0.3) is 0 Å². The third-order valence-electron chi connectivity index (χ3n) is 5.09. The summed E-state index contributed by atoms with van der Waals surface area (Å²) in [6, 6.07) is 8.25. The molecule has 0 aromatic heterocycles. The van der Waals surface area contributed by atoms with Crippen molar-refractivity contribution in [2.45, 2.75) is 31.2 Å². The summed E-state index contributed by atoms with van der Waals surface area (Å²) < 4.78 is 0. The summed E-state index contributed by atoms with van der Waals surface area (Å²) in [5, 5.41) is 3.92. The van der Waals surface area contributed by atoms with E-state index < -0.39 is 0 Å². The molecule has 3 rings (SSSR count). The lowest BCUT2D eigenvalue weighted by atomic mass is 9.97. The number of benzene rings is 1. The topological polar surface area (TPSA) is 35.6 Å². The first-order valence-corrected chi connectivity index (χ1v) is 8.86. The van der Waals surface area contributed by atoms with E-state index in [4.69, 9.17) is 11.6 Å². The van der Waals surface area contributed by atoms with E-state index in [1.54, 1.807) is 0 Å². The molecule has 126 valence electrons. The van der Waals surface area contributed by atoms with E-state index in [9.17, 15) is 4.79 Å². The smallest absolute Gasteiger partial charge is 0.317 e. The molecule has 1 aliphatic heterocycles. The van der Waals surface area contributed by atoms with E-state index in [0.717, 1.165) is 31.1 Å². The summed E-state index contributed by atoms with van der Waals surface area (Å²) in [6.45, 7) is 3.13. The Labute approximate surface area is 143 Å². The lowest BCUT2D eigenvalue weighted by Crippen LogP contribution is -2.43. The molecule has 2 aliphatic rings. The molecular formula is C18H26ClN3O. The van der Waals surface area contributed by atoms with Gasteiger partial charge in [-0.05, 0) is 63.0 Å². The molecule has 0 spiro atoms.